The number of fused-ring (bicyclic) bond motifs is 7. The van der Waals surface area contributed by atoms with Crippen LogP contribution in [0.5, 0.6) is 5.75 Å². The SMILES string of the molecule is COc1ccc(Nc2ccccc2)cc1.c1ccc(Nc2ccc3c(c2)-c2ccccc2C3(c2ccccc2)c2ccccc2)cc1.c1ccc(Nc2ccc3c(c2)Sc2ccccc2N3c2ccccc2)cc1.c1ccc(Nc2ccc3c(c2)Sc2ccccc2S3)cc1. The normalized spacial score (nSPS) is 12.2. The lowest BCUT2D eigenvalue weighted by Gasteiger charge is -2.33. The number of nitrogens with one attached hydrogen (secondary N) is 4. The van der Waals surface area contributed by atoms with Gasteiger partial charge in [-0.1, -0.05) is 242 Å². The molecule has 4 N–H and O–H groups in total. The van der Waals surface area contributed by atoms with Gasteiger partial charge in [-0.2, -0.15) is 0 Å². The number of hydrogen-bond acceptors (Lipinski definition) is 9. The summed E-state index contributed by atoms with van der Waals surface area (Å²) in [5, 5.41) is 13.8. The van der Waals surface area contributed by atoms with Crippen LogP contribution in [-0.2, 0) is 5.41 Å². The topological polar surface area (TPSA) is 60.6 Å². The average molecular weight is 1280 g/mol. The minimum atomic E-state index is -0.334. The van der Waals surface area contributed by atoms with Gasteiger partial charge in [-0.25, -0.2) is 0 Å². The van der Waals surface area contributed by atoms with E-state index in [9.17, 15) is 0 Å². The van der Waals surface area contributed by atoms with E-state index in [0.29, 0.717) is 0 Å². The number of benzene rings is 14. The molecule has 2 heterocycles. The fourth-order valence-corrected chi connectivity index (χ4v) is 15.6. The Morgan fingerprint density at radius 1 is 0.263 bits per heavy atom. The molecule has 0 saturated carbocycles. The van der Waals surface area contributed by atoms with E-state index in [-0.39, 0.29) is 5.41 Å². The third kappa shape index (κ3) is 14.0. The van der Waals surface area contributed by atoms with Gasteiger partial charge in [-0.05, 0) is 191 Å². The molecule has 14 aromatic carbocycles. The molecule has 0 saturated heterocycles. The fraction of sp³-hybridized carbons (Fsp3) is 0.0233. The summed E-state index contributed by atoms with van der Waals surface area (Å²) in [5.74, 6) is 0.869. The summed E-state index contributed by atoms with van der Waals surface area (Å²) in [6.45, 7) is 0. The Bertz CT molecular complexity index is 4800. The zero-order chi connectivity index (χ0) is 64.0. The van der Waals surface area contributed by atoms with Gasteiger partial charge < -0.3 is 30.9 Å². The largest absolute Gasteiger partial charge is 0.497 e. The molecule has 0 amide bonds. The maximum Gasteiger partial charge on any atom is 0.119 e. The zero-order valence-corrected chi connectivity index (χ0v) is 54.7. The molecule has 0 aromatic heterocycles. The highest BCUT2D eigenvalue weighted by Gasteiger charge is 2.46. The molecule has 14 aromatic rings. The van der Waals surface area contributed by atoms with Crippen molar-refractivity contribution in [2.24, 2.45) is 0 Å². The highest BCUT2D eigenvalue weighted by atomic mass is 32.2. The maximum absolute atomic E-state index is 5.09. The second kappa shape index (κ2) is 29.3. The molecule has 0 fully saturated rings. The minimum Gasteiger partial charge on any atom is -0.497 e. The molecule has 1 aliphatic carbocycles. The standard InChI is InChI=1S/C31H23N.C24H18N2S.C18H13NS2.C13H13NO/c1-4-12-23(13-5-1)31(24-14-6-2-7-15-24)29-19-11-10-18-27(29)28-22-26(20-21-30(28)31)32-25-16-8-3-9-17-25;1-3-9-18(10-4-1)25-19-15-16-22-24(17-19)27-23-14-8-7-13-21(23)26(22)20-11-5-2-6-12-20;1-2-6-13(7-3-1)19-14-10-11-17-18(12-14)21-16-9-5-4-8-15(16)20-17;1-15-13-9-7-12(8-10-13)14-11-5-3-2-4-6-11/h1-22,32H;1-17,25H;1-12,19H;2-10,14H,1H3. The first-order valence-corrected chi connectivity index (χ1v) is 34.1. The number of para-hydroxylation sites is 6. The lowest BCUT2D eigenvalue weighted by Crippen LogP contribution is -2.28. The molecule has 0 unspecified atom stereocenters. The van der Waals surface area contributed by atoms with Crippen LogP contribution in [0.4, 0.5) is 62.6 Å². The second-order valence-corrected chi connectivity index (χ2v) is 26.0. The summed E-state index contributed by atoms with van der Waals surface area (Å²) in [5.41, 5.74) is 19.9. The van der Waals surface area contributed by atoms with Gasteiger partial charge in [-0.3, -0.25) is 0 Å². The zero-order valence-electron chi connectivity index (χ0n) is 52.2. The number of methoxy groups -OCH3 is 1. The fourth-order valence-electron chi connectivity index (χ4n) is 12.2. The van der Waals surface area contributed by atoms with Gasteiger partial charge >= 0.3 is 0 Å². The minimum absolute atomic E-state index is 0.334. The quantitative estimate of drug-likeness (QED) is 0.0958. The average Bonchev–Trinajstić information content (AvgIpc) is 1.55. The highest BCUT2D eigenvalue weighted by molar-refractivity contribution is 8.05. The van der Waals surface area contributed by atoms with E-state index < -0.39 is 0 Å². The molecular weight excluding hydrogens is 1220 g/mol. The van der Waals surface area contributed by atoms with Gasteiger partial charge in [0.2, 0.25) is 0 Å². The summed E-state index contributed by atoms with van der Waals surface area (Å²) in [6.07, 6.45) is 0. The lowest BCUT2D eigenvalue weighted by atomic mass is 9.68. The Kier molecular flexibility index (Phi) is 18.9. The Labute approximate surface area is 569 Å². The predicted molar refractivity (Wildman–Crippen MR) is 402 cm³/mol. The monoisotopic (exact) mass is 1280 g/mol. The summed E-state index contributed by atoms with van der Waals surface area (Å²) in [6, 6.07) is 127. The lowest BCUT2D eigenvalue weighted by molar-refractivity contribution is 0.415. The van der Waals surface area contributed by atoms with E-state index in [1.807, 2.05) is 132 Å². The first-order valence-electron chi connectivity index (χ1n) is 31.7. The van der Waals surface area contributed by atoms with Crippen LogP contribution in [0, 0.1) is 0 Å². The Balaban J connectivity index is 0.000000113. The first kappa shape index (κ1) is 61.4. The third-order valence-electron chi connectivity index (χ3n) is 16.6. The van der Waals surface area contributed by atoms with Crippen molar-refractivity contribution in [3.8, 4) is 16.9 Å². The van der Waals surface area contributed by atoms with Crippen LogP contribution in [0.3, 0.4) is 0 Å². The van der Waals surface area contributed by atoms with E-state index in [4.69, 9.17) is 4.74 Å². The van der Waals surface area contributed by atoms with E-state index in [0.717, 1.165) is 51.2 Å². The van der Waals surface area contributed by atoms with Crippen LogP contribution in [0.15, 0.2) is 393 Å². The van der Waals surface area contributed by atoms with Crippen molar-refractivity contribution >= 4 is 97.8 Å². The van der Waals surface area contributed by atoms with Crippen molar-refractivity contribution in [3.05, 3.63) is 386 Å². The van der Waals surface area contributed by atoms with Gasteiger partial charge in [0.05, 0.1) is 23.9 Å². The van der Waals surface area contributed by atoms with Crippen molar-refractivity contribution in [2.75, 3.05) is 33.3 Å². The molecule has 9 heteroatoms. The molecule has 0 bridgehead atoms. The number of nitrogens with zero attached hydrogens (tertiary/aromatic N) is 1. The Morgan fingerprint density at radius 3 is 1.17 bits per heavy atom. The smallest absolute Gasteiger partial charge is 0.119 e. The van der Waals surface area contributed by atoms with Crippen molar-refractivity contribution in [3.63, 3.8) is 0 Å². The predicted octanol–water partition coefficient (Wildman–Crippen LogP) is 24.6. The number of ether oxygens (including phenoxy) is 1. The van der Waals surface area contributed by atoms with Gasteiger partial charge in [0.25, 0.3) is 0 Å². The van der Waals surface area contributed by atoms with Crippen LogP contribution >= 0.6 is 35.3 Å². The molecule has 2 aliphatic heterocycles. The molecule has 6 nitrogen and oxygen atoms in total. The third-order valence-corrected chi connectivity index (χ3v) is 20.2. The van der Waals surface area contributed by atoms with E-state index in [1.54, 1.807) is 7.11 Å². The van der Waals surface area contributed by atoms with Crippen molar-refractivity contribution in [1.82, 2.24) is 0 Å². The molecule has 3 aliphatic rings. The number of rotatable bonds is 12. The summed E-state index contributed by atoms with van der Waals surface area (Å²) in [7, 11) is 1.67. The molecule has 0 spiro atoms. The van der Waals surface area contributed by atoms with Crippen LogP contribution in [-0.4, -0.2) is 7.11 Å². The van der Waals surface area contributed by atoms with Gasteiger partial charge in [0.15, 0.2) is 0 Å². The van der Waals surface area contributed by atoms with Crippen molar-refractivity contribution < 1.29 is 4.74 Å². The summed E-state index contributed by atoms with van der Waals surface area (Å²) >= 11 is 5.52. The van der Waals surface area contributed by atoms with Crippen molar-refractivity contribution in [2.45, 2.75) is 34.8 Å². The second-order valence-electron chi connectivity index (χ2n) is 22.7. The van der Waals surface area contributed by atoms with Crippen LogP contribution in [0.25, 0.3) is 11.1 Å². The Hall–Kier alpha value is -11.1. The Morgan fingerprint density at radius 2 is 0.621 bits per heavy atom. The van der Waals surface area contributed by atoms with E-state index in [1.165, 1.54) is 79.8 Å². The van der Waals surface area contributed by atoms with Gasteiger partial charge in [-0.15, -0.1) is 0 Å². The van der Waals surface area contributed by atoms with Crippen LogP contribution < -0.4 is 30.9 Å². The van der Waals surface area contributed by atoms with Crippen LogP contribution in [0.2, 0.25) is 0 Å². The molecule has 0 atom stereocenters. The number of hydrogen-bond donors (Lipinski definition) is 4. The van der Waals surface area contributed by atoms with Crippen LogP contribution in [0.1, 0.15) is 22.3 Å². The number of anilines is 11. The van der Waals surface area contributed by atoms with E-state index >= 15 is 0 Å². The molecule has 17 rings (SSSR count). The van der Waals surface area contributed by atoms with Gasteiger partial charge in [0, 0.05) is 80.6 Å². The van der Waals surface area contributed by atoms with E-state index in [2.05, 4.69) is 293 Å². The first-order chi connectivity index (χ1) is 47.0. The molecule has 0 radical (unpaired) electrons. The van der Waals surface area contributed by atoms with Gasteiger partial charge in [0.1, 0.15) is 5.75 Å². The summed E-state index contributed by atoms with van der Waals surface area (Å²) in [4.78, 5) is 10.2. The molecular formula is C86H67N5OS3. The maximum atomic E-state index is 5.09. The summed E-state index contributed by atoms with van der Waals surface area (Å²) < 4.78 is 5.09. The van der Waals surface area contributed by atoms with Crippen molar-refractivity contribution in [1.29, 1.82) is 0 Å². The molecule has 95 heavy (non-hydrogen) atoms. The highest BCUT2D eigenvalue weighted by Crippen LogP contribution is 2.57. The molecule has 460 valence electrons.